The Bertz CT molecular complexity index is 428. The van der Waals surface area contributed by atoms with Crippen LogP contribution in [0.4, 0.5) is 4.79 Å². The summed E-state index contributed by atoms with van der Waals surface area (Å²) in [5.74, 6) is -0.880. The molecule has 0 radical (unpaired) electrons. The standard InChI is InChI=1S/C14H21NO5/c1-5-6-8-10-11(19-12(8)17)9(16)7-15(10)13(18)20-14(2,3)4/h5,8-11,16H,1,6-7H2,2-4H3/t8?,9-,10+,11+/m1/s1. The quantitative estimate of drug-likeness (QED) is 0.606. The molecule has 1 unspecified atom stereocenters. The number of hydrogen-bond donors (Lipinski definition) is 1. The SMILES string of the molecule is C=CCC1C(=O)O[C@H]2[C@H](O)CN(C(=O)OC(C)(C)C)[C@@H]12. The zero-order valence-corrected chi connectivity index (χ0v) is 12.0. The number of amides is 1. The molecule has 2 heterocycles. The van der Waals surface area contributed by atoms with Crippen molar-refractivity contribution >= 4 is 12.1 Å². The lowest BCUT2D eigenvalue weighted by Gasteiger charge is -2.29. The van der Waals surface area contributed by atoms with Crippen molar-refractivity contribution in [1.29, 1.82) is 0 Å². The second-order valence-electron chi connectivity index (χ2n) is 6.22. The zero-order chi connectivity index (χ0) is 15.1. The maximum atomic E-state index is 12.2. The Balaban J connectivity index is 2.19. The van der Waals surface area contributed by atoms with Gasteiger partial charge in [0.05, 0.1) is 18.5 Å². The van der Waals surface area contributed by atoms with E-state index < -0.39 is 41.8 Å². The minimum Gasteiger partial charge on any atom is -0.457 e. The summed E-state index contributed by atoms with van der Waals surface area (Å²) in [6.07, 6.45) is -0.0409. The predicted molar refractivity (Wildman–Crippen MR) is 70.9 cm³/mol. The number of esters is 1. The van der Waals surface area contributed by atoms with E-state index in [1.807, 2.05) is 0 Å². The molecule has 0 aromatic carbocycles. The highest BCUT2D eigenvalue weighted by molar-refractivity contribution is 5.79. The topological polar surface area (TPSA) is 76.1 Å². The average Bonchev–Trinajstić information content (AvgIpc) is 2.77. The highest BCUT2D eigenvalue weighted by Gasteiger charge is 2.57. The van der Waals surface area contributed by atoms with Crippen LogP contribution >= 0.6 is 0 Å². The first-order chi connectivity index (χ1) is 9.24. The lowest BCUT2D eigenvalue weighted by Crippen LogP contribution is -2.44. The Hall–Kier alpha value is -1.56. The van der Waals surface area contributed by atoms with Gasteiger partial charge >= 0.3 is 12.1 Å². The molecular weight excluding hydrogens is 262 g/mol. The second-order valence-corrected chi connectivity index (χ2v) is 6.22. The fourth-order valence-electron chi connectivity index (χ4n) is 2.72. The monoisotopic (exact) mass is 283 g/mol. The van der Waals surface area contributed by atoms with Crippen molar-refractivity contribution in [2.45, 2.75) is 51.0 Å². The first-order valence-electron chi connectivity index (χ1n) is 6.73. The van der Waals surface area contributed by atoms with Gasteiger partial charge < -0.3 is 14.6 Å². The Morgan fingerprint density at radius 2 is 2.25 bits per heavy atom. The lowest BCUT2D eigenvalue weighted by atomic mass is 9.95. The second kappa shape index (κ2) is 5.09. The van der Waals surface area contributed by atoms with Crippen LogP contribution in [-0.2, 0) is 14.3 Å². The van der Waals surface area contributed by atoms with Gasteiger partial charge in [-0.05, 0) is 27.2 Å². The molecule has 20 heavy (non-hydrogen) atoms. The zero-order valence-electron chi connectivity index (χ0n) is 12.0. The smallest absolute Gasteiger partial charge is 0.410 e. The molecule has 2 fully saturated rings. The van der Waals surface area contributed by atoms with E-state index in [-0.39, 0.29) is 6.54 Å². The van der Waals surface area contributed by atoms with Crippen molar-refractivity contribution in [3.05, 3.63) is 12.7 Å². The third kappa shape index (κ3) is 2.65. The number of likely N-dealkylation sites (tertiary alicyclic amines) is 1. The van der Waals surface area contributed by atoms with Gasteiger partial charge in [-0.1, -0.05) is 6.08 Å². The van der Waals surface area contributed by atoms with Gasteiger partial charge in [0.25, 0.3) is 0 Å². The number of hydrogen-bond acceptors (Lipinski definition) is 5. The van der Waals surface area contributed by atoms with E-state index in [2.05, 4.69) is 6.58 Å². The van der Waals surface area contributed by atoms with Crippen LogP contribution in [0.1, 0.15) is 27.2 Å². The molecule has 4 atom stereocenters. The minimum absolute atomic E-state index is 0.116. The fourth-order valence-corrected chi connectivity index (χ4v) is 2.72. The van der Waals surface area contributed by atoms with Crippen LogP contribution in [0.2, 0.25) is 0 Å². The Labute approximate surface area is 118 Å². The van der Waals surface area contributed by atoms with E-state index in [0.29, 0.717) is 6.42 Å². The molecule has 0 aromatic rings. The molecule has 2 saturated heterocycles. The number of aliphatic hydroxyl groups excluding tert-OH is 1. The summed E-state index contributed by atoms with van der Waals surface area (Å²) in [6, 6.07) is -0.481. The normalized spacial score (nSPS) is 32.8. The largest absolute Gasteiger partial charge is 0.457 e. The van der Waals surface area contributed by atoms with Crippen LogP contribution in [0.25, 0.3) is 0 Å². The van der Waals surface area contributed by atoms with Crippen LogP contribution in [0.5, 0.6) is 0 Å². The third-order valence-electron chi connectivity index (χ3n) is 3.48. The fraction of sp³-hybridized carbons (Fsp3) is 0.714. The number of nitrogens with zero attached hydrogens (tertiary/aromatic N) is 1. The van der Waals surface area contributed by atoms with Crippen molar-refractivity contribution in [2.24, 2.45) is 5.92 Å². The summed E-state index contributed by atoms with van der Waals surface area (Å²) < 4.78 is 10.5. The van der Waals surface area contributed by atoms with Crippen LogP contribution in [0.3, 0.4) is 0 Å². The maximum absolute atomic E-state index is 12.2. The Kier molecular flexibility index (Phi) is 3.77. The van der Waals surface area contributed by atoms with E-state index in [9.17, 15) is 14.7 Å². The number of fused-ring (bicyclic) bond motifs is 1. The summed E-state index contributed by atoms with van der Waals surface area (Å²) in [5.41, 5.74) is -0.627. The van der Waals surface area contributed by atoms with Crippen LogP contribution < -0.4 is 0 Å². The molecule has 0 spiro atoms. The summed E-state index contributed by atoms with van der Waals surface area (Å²) >= 11 is 0. The average molecular weight is 283 g/mol. The van der Waals surface area contributed by atoms with Crippen LogP contribution in [0.15, 0.2) is 12.7 Å². The first-order valence-corrected chi connectivity index (χ1v) is 6.73. The highest BCUT2D eigenvalue weighted by atomic mass is 16.6. The van der Waals surface area contributed by atoms with E-state index >= 15 is 0 Å². The van der Waals surface area contributed by atoms with Crippen LogP contribution in [0, 0.1) is 5.92 Å². The van der Waals surface area contributed by atoms with E-state index in [1.54, 1.807) is 26.8 Å². The van der Waals surface area contributed by atoms with Gasteiger partial charge in [-0.3, -0.25) is 9.69 Å². The van der Waals surface area contributed by atoms with Gasteiger partial charge in [-0.25, -0.2) is 4.79 Å². The van der Waals surface area contributed by atoms with Gasteiger partial charge in [0.1, 0.15) is 11.7 Å². The number of aliphatic hydroxyl groups is 1. The van der Waals surface area contributed by atoms with E-state index in [1.165, 1.54) is 4.90 Å². The Morgan fingerprint density at radius 1 is 1.60 bits per heavy atom. The molecule has 6 nitrogen and oxygen atoms in total. The molecule has 6 heteroatoms. The minimum atomic E-state index is -0.869. The lowest BCUT2D eigenvalue weighted by molar-refractivity contribution is -0.147. The van der Waals surface area contributed by atoms with Gasteiger partial charge in [0.15, 0.2) is 6.10 Å². The van der Waals surface area contributed by atoms with Gasteiger partial charge in [0.2, 0.25) is 0 Å². The molecule has 1 N–H and O–H groups in total. The number of carbonyl (C=O) groups is 2. The highest BCUT2D eigenvalue weighted by Crippen LogP contribution is 2.37. The molecule has 2 rings (SSSR count). The molecule has 1 amide bonds. The molecule has 0 aliphatic carbocycles. The summed E-state index contributed by atoms with van der Waals surface area (Å²) in [7, 11) is 0. The number of β-amino-alcohol motifs (C(OH)–C–C–N with tert-alkyl or cyclic N) is 1. The van der Waals surface area contributed by atoms with Crippen molar-refractivity contribution in [1.82, 2.24) is 4.90 Å². The van der Waals surface area contributed by atoms with Crippen molar-refractivity contribution in [3.8, 4) is 0 Å². The maximum Gasteiger partial charge on any atom is 0.410 e. The molecule has 2 aliphatic rings. The van der Waals surface area contributed by atoms with Crippen molar-refractivity contribution in [3.63, 3.8) is 0 Å². The van der Waals surface area contributed by atoms with E-state index in [0.717, 1.165) is 0 Å². The van der Waals surface area contributed by atoms with Gasteiger partial charge in [0, 0.05) is 0 Å². The third-order valence-corrected chi connectivity index (χ3v) is 3.48. The molecule has 0 aromatic heterocycles. The van der Waals surface area contributed by atoms with Gasteiger partial charge in [-0.2, -0.15) is 0 Å². The predicted octanol–water partition coefficient (Wildman–Crippen LogP) is 1.08. The summed E-state index contributed by atoms with van der Waals surface area (Å²) in [6.45, 7) is 9.04. The molecule has 112 valence electrons. The first kappa shape index (κ1) is 14.8. The summed E-state index contributed by atoms with van der Waals surface area (Å²) in [4.78, 5) is 25.4. The van der Waals surface area contributed by atoms with Crippen molar-refractivity contribution < 1.29 is 24.2 Å². The van der Waals surface area contributed by atoms with Crippen LogP contribution in [-0.4, -0.2) is 52.5 Å². The van der Waals surface area contributed by atoms with Gasteiger partial charge in [-0.15, -0.1) is 6.58 Å². The van der Waals surface area contributed by atoms with Crippen molar-refractivity contribution in [2.75, 3.05) is 6.54 Å². The number of allylic oxidation sites excluding steroid dienone is 1. The Morgan fingerprint density at radius 3 is 2.80 bits per heavy atom. The van der Waals surface area contributed by atoms with E-state index in [4.69, 9.17) is 9.47 Å². The molecule has 0 bridgehead atoms. The number of ether oxygens (including phenoxy) is 2. The molecule has 2 aliphatic heterocycles. The molecule has 0 saturated carbocycles. The molecular formula is C14H21NO5. The summed E-state index contributed by atoms with van der Waals surface area (Å²) in [5, 5.41) is 9.97. The number of carbonyl (C=O) groups excluding carboxylic acids is 2. The number of rotatable bonds is 2.